The van der Waals surface area contributed by atoms with Crippen LogP contribution in [0.25, 0.3) is 0 Å². The molecule has 1 aromatic rings. The number of carbonyl (C=O) groups excluding carboxylic acids is 2. The van der Waals surface area contributed by atoms with Gasteiger partial charge in [-0.2, -0.15) is 0 Å². The Morgan fingerprint density at radius 1 is 1.26 bits per heavy atom. The van der Waals surface area contributed by atoms with Crippen molar-refractivity contribution >= 4 is 11.8 Å². The Balaban J connectivity index is 1.85. The highest BCUT2D eigenvalue weighted by Gasteiger charge is 2.22. The Kier molecular flexibility index (Phi) is 6.59. The molecule has 1 atom stereocenters. The number of rotatable bonds is 6. The SMILES string of the molecule is CC(=O)N(CCNC(=O)C1CCOCC1)C(C)c1ccccc1. The topological polar surface area (TPSA) is 58.6 Å². The molecule has 5 nitrogen and oxygen atoms in total. The molecule has 23 heavy (non-hydrogen) atoms. The predicted octanol–water partition coefficient (Wildman–Crippen LogP) is 2.14. The van der Waals surface area contributed by atoms with Crippen LogP contribution in [0, 0.1) is 5.92 Å². The first-order chi connectivity index (χ1) is 11.1. The predicted molar refractivity (Wildman–Crippen MR) is 88.8 cm³/mol. The molecule has 1 N–H and O–H groups in total. The van der Waals surface area contributed by atoms with E-state index in [4.69, 9.17) is 4.74 Å². The molecule has 0 aromatic heterocycles. The maximum Gasteiger partial charge on any atom is 0.223 e. The third-order valence-corrected chi connectivity index (χ3v) is 4.40. The second-order valence-electron chi connectivity index (χ2n) is 5.98. The molecule has 1 heterocycles. The number of amides is 2. The molecule has 1 aliphatic rings. The number of hydrogen-bond acceptors (Lipinski definition) is 3. The number of carbonyl (C=O) groups is 2. The van der Waals surface area contributed by atoms with Gasteiger partial charge in [0, 0.05) is 39.1 Å². The fourth-order valence-electron chi connectivity index (χ4n) is 2.94. The van der Waals surface area contributed by atoms with Crippen molar-refractivity contribution in [2.75, 3.05) is 26.3 Å². The van der Waals surface area contributed by atoms with Crippen molar-refractivity contribution in [3.05, 3.63) is 35.9 Å². The van der Waals surface area contributed by atoms with E-state index < -0.39 is 0 Å². The van der Waals surface area contributed by atoms with Gasteiger partial charge < -0.3 is 15.0 Å². The summed E-state index contributed by atoms with van der Waals surface area (Å²) in [6.45, 7) is 5.88. The summed E-state index contributed by atoms with van der Waals surface area (Å²) in [7, 11) is 0. The van der Waals surface area contributed by atoms with E-state index >= 15 is 0 Å². The van der Waals surface area contributed by atoms with Crippen LogP contribution in [0.4, 0.5) is 0 Å². The maximum atomic E-state index is 12.1. The van der Waals surface area contributed by atoms with Gasteiger partial charge in [-0.05, 0) is 25.3 Å². The van der Waals surface area contributed by atoms with Gasteiger partial charge in [0.1, 0.15) is 0 Å². The molecule has 1 saturated heterocycles. The van der Waals surface area contributed by atoms with Crippen LogP contribution < -0.4 is 5.32 Å². The molecule has 1 aliphatic heterocycles. The first kappa shape index (κ1) is 17.5. The van der Waals surface area contributed by atoms with Gasteiger partial charge in [0.15, 0.2) is 0 Å². The summed E-state index contributed by atoms with van der Waals surface area (Å²) in [5, 5.41) is 2.96. The molecule has 1 unspecified atom stereocenters. The van der Waals surface area contributed by atoms with E-state index in [2.05, 4.69) is 5.32 Å². The van der Waals surface area contributed by atoms with E-state index in [-0.39, 0.29) is 23.8 Å². The molecule has 0 aliphatic carbocycles. The standard InChI is InChI=1S/C18H26N2O3/c1-14(16-6-4-3-5-7-16)20(15(2)21)11-10-19-18(22)17-8-12-23-13-9-17/h3-7,14,17H,8-13H2,1-2H3,(H,19,22). The van der Waals surface area contributed by atoms with Gasteiger partial charge >= 0.3 is 0 Å². The monoisotopic (exact) mass is 318 g/mol. The van der Waals surface area contributed by atoms with E-state index in [0.29, 0.717) is 26.3 Å². The largest absolute Gasteiger partial charge is 0.381 e. The summed E-state index contributed by atoms with van der Waals surface area (Å²) in [4.78, 5) is 25.8. The average molecular weight is 318 g/mol. The zero-order valence-corrected chi connectivity index (χ0v) is 14.0. The second-order valence-corrected chi connectivity index (χ2v) is 5.98. The fourth-order valence-corrected chi connectivity index (χ4v) is 2.94. The van der Waals surface area contributed by atoms with Gasteiger partial charge in [-0.25, -0.2) is 0 Å². The fraction of sp³-hybridized carbons (Fsp3) is 0.556. The lowest BCUT2D eigenvalue weighted by Crippen LogP contribution is -2.41. The smallest absolute Gasteiger partial charge is 0.223 e. The Hall–Kier alpha value is -1.88. The van der Waals surface area contributed by atoms with Crippen LogP contribution in [-0.2, 0) is 14.3 Å². The molecule has 0 radical (unpaired) electrons. The second kappa shape index (κ2) is 8.67. The number of nitrogens with zero attached hydrogens (tertiary/aromatic N) is 1. The van der Waals surface area contributed by atoms with E-state index in [9.17, 15) is 9.59 Å². The molecular weight excluding hydrogens is 292 g/mol. The lowest BCUT2D eigenvalue weighted by molar-refractivity contribution is -0.132. The number of nitrogens with one attached hydrogen (secondary N) is 1. The van der Waals surface area contributed by atoms with Gasteiger partial charge in [-0.1, -0.05) is 30.3 Å². The first-order valence-electron chi connectivity index (χ1n) is 8.27. The van der Waals surface area contributed by atoms with Crippen molar-refractivity contribution in [2.45, 2.75) is 32.7 Å². The number of benzene rings is 1. The summed E-state index contributed by atoms with van der Waals surface area (Å²) in [5.74, 6) is 0.131. The molecule has 1 fully saturated rings. The molecule has 126 valence electrons. The zero-order chi connectivity index (χ0) is 16.7. The molecule has 0 bridgehead atoms. The third kappa shape index (κ3) is 5.06. The Labute approximate surface area is 138 Å². The summed E-state index contributed by atoms with van der Waals surface area (Å²) in [5.41, 5.74) is 1.10. The van der Waals surface area contributed by atoms with Gasteiger partial charge in [0.05, 0.1) is 6.04 Å². The highest BCUT2D eigenvalue weighted by molar-refractivity contribution is 5.79. The van der Waals surface area contributed by atoms with Crippen LogP contribution in [0.2, 0.25) is 0 Å². The van der Waals surface area contributed by atoms with Crippen molar-refractivity contribution in [2.24, 2.45) is 5.92 Å². The van der Waals surface area contributed by atoms with Crippen LogP contribution in [-0.4, -0.2) is 43.0 Å². The van der Waals surface area contributed by atoms with Gasteiger partial charge in [0.25, 0.3) is 0 Å². The minimum atomic E-state index is -0.00585. The Morgan fingerprint density at radius 2 is 1.91 bits per heavy atom. The van der Waals surface area contributed by atoms with E-state index in [0.717, 1.165) is 18.4 Å². The third-order valence-electron chi connectivity index (χ3n) is 4.40. The molecule has 2 amide bonds. The highest BCUT2D eigenvalue weighted by atomic mass is 16.5. The van der Waals surface area contributed by atoms with E-state index in [1.807, 2.05) is 37.3 Å². The maximum absolute atomic E-state index is 12.1. The molecule has 0 saturated carbocycles. The van der Waals surface area contributed by atoms with Crippen molar-refractivity contribution in [1.82, 2.24) is 10.2 Å². The summed E-state index contributed by atoms with van der Waals surface area (Å²) in [6.07, 6.45) is 1.56. The minimum Gasteiger partial charge on any atom is -0.381 e. The van der Waals surface area contributed by atoms with Crippen molar-refractivity contribution in [1.29, 1.82) is 0 Å². The van der Waals surface area contributed by atoms with Crippen LogP contribution >= 0.6 is 0 Å². The zero-order valence-electron chi connectivity index (χ0n) is 14.0. The van der Waals surface area contributed by atoms with Gasteiger partial charge in [-0.3, -0.25) is 9.59 Å². The van der Waals surface area contributed by atoms with Crippen LogP contribution in [0.15, 0.2) is 30.3 Å². The molecule has 0 spiro atoms. The lowest BCUT2D eigenvalue weighted by atomic mass is 9.99. The summed E-state index contributed by atoms with van der Waals surface area (Å²) in [6, 6.07) is 9.92. The molecule has 1 aromatic carbocycles. The van der Waals surface area contributed by atoms with Gasteiger partial charge in [0.2, 0.25) is 11.8 Å². The Bertz CT molecular complexity index is 512. The highest BCUT2D eigenvalue weighted by Crippen LogP contribution is 2.19. The lowest BCUT2D eigenvalue weighted by Gasteiger charge is -2.29. The van der Waals surface area contributed by atoms with Crippen molar-refractivity contribution in [3.8, 4) is 0 Å². The Morgan fingerprint density at radius 3 is 2.52 bits per heavy atom. The quantitative estimate of drug-likeness (QED) is 0.874. The van der Waals surface area contributed by atoms with Crippen LogP contribution in [0.3, 0.4) is 0 Å². The average Bonchev–Trinajstić information content (AvgIpc) is 2.59. The summed E-state index contributed by atoms with van der Waals surface area (Å²) >= 11 is 0. The number of hydrogen-bond donors (Lipinski definition) is 1. The van der Waals surface area contributed by atoms with Crippen molar-refractivity contribution < 1.29 is 14.3 Å². The molecular formula is C18H26N2O3. The normalized spacial score (nSPS) is 16.6. The van der Waals surface area contributed by atoms with E-state index in [1.165, 1.54) is 0 Å². The number of ether oxygens (including phenoxy) is 1. The summed E-state index contributed by atoms with van der Waals surface area (Å²) < 4.78 is 5.27. The van der Waals surface area contributed by atoms with Gasteiger partial charge in [-0.15, -0.1) is 0 Å². The van der Waals surface area contributed by atoms with Crippen LogP contribution in [0.1, 0.15) is 38.3 Å². The van der Waals surface area contributed by atoms with Crippen LogP contribution in [0.5, 0.6) is 0 Å². The molecule has 5 heteroatoms. The molecule has 2 rings (SSSR count). The van der Waals surface area contributed by atoms with E-state index in [1.54, 1.807) is 11.8 Å². The minimum absolute atomic E-state index is 0.00585. The van der Waals surface area contributed by atoms with Crippen molar-refractivity contribution in [3.63, 3.8) is 0 Å². The first-order valence-corrected chi connectivity index (χ1v) is 8.27.